The van der Waals surface area contributed by atoms with Crippen LogP contribution >= 0.6 is 24.8 Å². The van der Waals surface area contributed by atoms with Gasteiger partial charge in [-0.15, -0.1) is 24.8 Å². The largest absolute Gasteiger partial charge is 0.383 e. The molecular formula is C18H27Cl2N5O2. The first-order valence-corrected chi connectivity index (χ1v) is 9.14. The smallest absolute Gasteiger partial charge is 0.243 e. The molecule has 0 unspecified atom stereocenters. The van der Waals surface area contributed by atoms with Crippen LogP contribution in [0.3, 0.4) is 0 Å². The number of rotatable bonds is 3. The number of anilines is 1. The van der Waals surface area contributed by atoms with Gasteiger partial charge in [-0.2, -0.15) is 0 Å². The van der Waals surface area contributed by atoms with Gasteiger partial charge in [-0.05, 0) is 37.8 Å². The molecule has 2 amide bonds. The summed E-state index contributed by atoms with van der Waals surface area (Å²) in [5.74, 6) is 1.15. The highest BCUT2D eigenvalue weighted by molar-refractivity contribution is 5.89. The molecule has 0 radical (unpaired) electrons. The Balaban J connectivity index is 0.00000131. The number of fused-ring (bicyclic) bond motifs is 4. The number of hydrogen-bond acceptors (Lipinski definition) is 5. The molecule has 0 aliphatic carbocycles. The van der Waals surface area contributed by atoms with Crippen LogP contribution in [0.4, 0.5) is 5.82 Å². The third-order valence-corrected chi connectivity index (χ3v) is 5.89. The standard InChI is InChI=1S/C18H25N5O2.2ClH/c19-17-11(3-2-6-21-17)10-22-18(25)16-13-7-12(8-20-9-13)14-4-1-5-15(24)23(14)16;;/h2-3,6,12-14,16,20H,1,4-5,7-10H2,(H2,19,21)(H,22,25);2*1H/t12-,13+,14+,16-;;/m1../s1. The van der Waals surface area contributed by atoms with Crippen LogP contribution in [0, 0.1) is 11.8 Å². The minimum absolute atomic E-state index is 0. The number of nitrogens with zero attached hydrogens (tertiary/aromatic N) is 2. The van der Waals surface area contributed by atoms with Gasteiger partial charge >= 0.3 is 0 Å². The molecule has 0 aromatic carbocycles. The Labute approximate surface area is 171 Å². The van der Waals surface area contributed by atoms with Crippen LogP contribution in [-0.4, -0.2) is 46.9 Å². The number of nitrogens with one attached hydrogen (secondary N) is 2. The van der Waals surface area contributed by atoms with Gasteiger partial charge in [-0.3, -0.25) is 9.59 Å². The van der Waals surface area contributed by atoms with Gasteiger partial charge in [0, 0.05) is 43.2 Å². The van der Waals surface area contributed by atoms with Crippen molar-refractivity contribution in [2.45, 2.75) is 44.3 Å². The van der Waals surface area contributed by atoms with Gasteiger partial charge in [-0.25, -0.2) is 4.98 Å². The number of nitrogens with two attached hydrogens (primary N) is 1. The lowest BCUT2D eigenvalue weighted by Gasteiger charge is -2.53. The molecule has 3 fully saturated rings. The van der Waals surface area contributed by atoms with E-state index in [0.717, 1.165) is 37.9 Å². The van der Waals surface area contributed by atoms with Crippen LogP contribution in [-0.2, 0) is 16.1 Å². The molecule has 9 heteroatoms. The lowest BCUT2D eigenvalue weighted by molar-refractivity contribution is -0.157. The molecule has 4 atom stereocenters. The van der Waals surface area contributed by atoms with Crippen molar-refractivity contribution in [1.82, 2.24) is 20.5 Å². The third kappa shape index (κ3) is 4.15. The van der Waals surface area contributed by atoms with Crippen molar-refractivity contribution in [3.8, 4) is 0 Å². The zero-order chi connectivity index (χ0) is 17.4. The zero-order valence-corrected chi connectivity index (χ0v) is 16.7. The number of pyridine rings is 1. The van der Waals surface area contributed by atoms with Crippen molar-refractivity contribution in [1.29, 1.82) is 0 Å². The van der Waals surface area contributed by atoms with Crippen molar-refractivity contribution in [3.63, 3.8) is 0 Å². The number of piperidine rings is 3. The van der Waals surface area contributed by atoms with E-state index in [1.54, 1.807) is 12.3 Å². The van der Waals surface area contributed by atoms with Gasteiger partial charge in [0.05, 0.1) is 0 Å². The maximum atomic E-state index is 13.0. The molecule has 3 aliphatic rings. The molecule has 7 nitrogen and oxygen atoms in total. The quantitative estimate of drug-likeness (QED) is 0.686. The molecule has 0 spiro atoms. The second-order valence-electron chi connectivity index (χ2n) is 7.39. The number of carbonyl (C=O) groups excluding carboxylic acids is 2. The molecule has 27 heavy (non-hydrogen) atoms. The van der Waals surface area contributed by atoms with Crippen LogP contribution in [0.25, 0.3) is 0 Å². The minimum atomic E-state index is -0.375. The lowest BCUT2D eigenvalue weighted by atomic mass is 9.72. The summed E-state index contributed by atoms with van der Waals surface area (Å²) in [5.41, 5.74) is 6.66. The molecule has 2 bridgehead atoms. The van der Waals surface area contributed by atoms with E-state index < -0.39 is 0 Å². The van der Waals surface area contributed by atoms with Crippen LogP contribution in [0.15, 0.2) is 18.3 Å². The number of amides is 2. The highest BCUT2D eigenvalue weighted by Gasteiger charge is 2.50. The molecule has 3 saturated heterocycles. The highest BCUT2D eigenvalue weighted by atomic mass is 35.5. The van der Waals surface area contributed by atoms with E-state index in [4.69, 9.17) is 5.73 Å². The first-order valence-electron chi connectivity index (χ1n) is 9.14. The van der Waals surface area contributed by atoms with Gasteiger partial charge < -0.3 is 21.3 Å². The van der Waals surface area contributed by atoms with Crippen molar-refractivity contribution in [2.75, 3.05) is 18.8 Å². The lowest BCUT2D eigenvalue weighted by Crippen LogP contribution is -2.67. The topological polar surface area (TPSA) is 100 Å². The zero-order valence-electron chi connectivity index (χ0n) is 15.1. The molecule has 4 rings (SSSR count). The first-order chi connectivity index (χ1) is 12.1. The van der Waals surface area contributed by atoms with E-state index in [1.165, 1.54) is 0 Å². The third-order valence-electron chi connectivity index (χ3n) is 5.89. The maximum Gasteiger partial charge on any atom is 0.243 e. The Kier molecular flexibility index (Phi) is 7.31. The number of carbonyl (C=O) groups is 2. The highest BCUT2D eigenvalue weighted by Crippen LogP contribution is 2.39. The van der Waals surface area contributed by atoms with Gasteiger partial charge in [0.1, 0.15) is 11.9 Å². The van der Waals surface area contributed by atoms with E-state index >= 15 is 0 Å². The SMILES string of the molecule is Cl.Cl.Nc1ncccc1CNC(=O)[C@H]1[C@@H]2CNC[C@@H](C2)[C@@H]2CCCC(=O)N21. The van der Waals surface area contributed by atoms with E-state index in [9.17, 15) is 9.59 Å². The molecule has 3 aliphatic heterocycles. The summed E-state index contributed by atoms with van der Waals surface area (Å²) >= 11 is 0. The summed E-state index contributed by atoms with van der Waals surface area (Å²) in [6, 6.07) is 3.48. The monoisotopic (exact) mass is 415 g/mol. The average molecular weight is 416 g/mol. The van der Waals surface area contributed by atoms with Gasteiger partial charge in [0.2, 0.25) is 11.8 Å². The number of halogens is 2. The molecule has 1 aromatic rings. The Morgan fingerprint density at radius 1 is 1.33 bits per heavy atom. The second kappa shape index (κ2) is 9.08. The summed E-state index contributed by atoms with van der Waals surface area (Å²) in [7, 11) is 0. The normalized spacial score (nSPS) is 29.0. The van der Waals surface area contributed by atoms with Crippen molar-refractivity contribution < 1.29 is 9.59 Å². The molecule has 4 heterocycles. The Bertz CT molecular complexity index is 689. The summed E-state index contributed by atoms with van der Waals surface area (Å²) in [6.07, 6.45) is 5.15. The fourth-order valence-electron chi connectivity index (χ4n) is 4.74. The number of aromatic nitrogens is 1. The van der Waals surface area contributed by atoms with E-state index in [2.05, 4.69) is 15.6 Å². The molecule has 1 aromatic heterocycles. The molecule has 150 valence electrons. The summed E-state index contributed by atoms with van der Waals surface area (Å²) in [6.45, 7) is 2.08. The summed E-state index contributed by atoms with van der Waals surface area (Å²) in [5, 5.41) is 6.44. The minimum Gasteiger partial charge on any atom is -0.383 e. The Morgan fingerprint density at radius 3 is 2.89 bits per heavy atom. The van der Waals surface area contributed by atoms with E-state index in [-0.39, 0.29) is 54.6 Å². The van der Waals surface area contributed by atoms with E-state index in [1.807, 2.05) is 11.0 Å². The van der Waals surface area contributed by atoms with Crippen LogP contribution in [0.2, 0.25) is 0 Å². The van der Waals surface area contributed by atoms with Crippen molar-refractivity contribution >= 4 is 42.4 Å². The van der Waals surface area contributed by atoms with Crippen LogP contribution < -0.4 is 16.4 Å². The molecule has 4 N–H and O–H groups in total. The van der Waals surface area contributed by atoms with Crippen LogP contribution in [0.5, 0.6) is 0 Å². The number of nitrogen functional groups attached to an aromatic ring is 1. The van der Waals surface area contributed by atoms with Crippen LogP contribution in [0.1, 0.15) is 31.2 Å². The Morgan fingerprint density at radius 2 is 2.11 bits per heavy atom. The predicted octanol–water partition coefficient (Wildman–Crippen LogP) is 1.11. The summed E-state index contributed by atoms with van der Waals surface area (Å²) < 4.78 is 0. The average Bonchev–Trinajstić information content (AvgIpc) is 2.62. The fourth-order valence-corrected chi connectivity index (χ4v) is 4.74. The first kappa shape index (κ1) is 21.7. The Hall–Kier alpha value is -1.57. The second-order valence-corrected chi connectivity index (χ2v) is 7.39. The molecular weight excluding hydrogens is 389 g/mol. The van der Waals surface area contributed by atoms with Crippen molar-refractivity contribution in [2.24, 2.45) is 11.8 Å². The van der Waals surface area contributed by atoms with Crippen molar-refractivity contribution in [3.05, 3.63) is 23.9 Å². The predicted molar refractivity (Wildman–Crippen MR) is 108 cm³/mol. The summed E-state index contributed by atoms with van der Waals surface area (Å²) in [4.78, 5) is 31.5. The fraction of sp³-hybridized carbons (Fsp3) is 0.611. The maximum absolute atomic E-state index is 13.0. The van der Waals surface area contributed by atoms with Gasteiger partial charge in [-0.1, -0.05) is 6.07 Å². The molecule has 0 saturated carbocycles. The number of hydrogen-bond donors (Lipinski definition) is 3. The van der Waals surface area contributed by atoms with Gasteiger partial charge in [0.15, 0.2) is 0 Å². The van der Waals surface area contributed by atoms with Gasteiger partial charge in [0.25, 0.3) is 0 Å². The van der Waals surface area contributed by atoms with E-state index in [0.29, 0.717) is 24.7 Å².